The number of carbonyl (C=O) groups excluding carboxylic acids is 2. The third-order valence-corrected chi connectivity index (χ3v) is 8.10. The first-order valence-corrected chi connectivity index (χ1v) is 14.8. The van der Waals surface area contributed by atoms with Crippen molar-refractivity contribution >= 4 is 18.0 Å². The number of amidine groups is 1. The van der Waals surface area contributed by atoms with Gasteiger partial charge in [0.2, 0.25) is 5.88 Å². The van der Waals surface area contributed by atoms with Crippen molar-refractivity contribution < 1.29 is 19.1 Å². The Morgan fingerprint density at radius 3 is 2.52 bits per heavy atom. The van der Waals surface area contributed by atoms with Crippen molar-refractivity contribution in [2.45, 2.75) is 45.3 Å². The number of amides is 2. The average Bonchev–Trinajstić information content (AvgIpc) is 3.74. The molecule has 0 unspecified atom stereocenters. The van der Waals surface area contributed by atoms with Crippen LogP contribution in [0.15, 0.2) is 71.9 Å². The van der Waals surface area contributed by atoms with Gasteiger partial charge in [-0.25, -0.2) is 14.8 Å². The fourth-order valence-corrected chi connectivity index (χ4v) is 5.41. The molecule has 2 amide bonds. The normalized spacial score (nSPS) is 17.1. The van der Waals surface area contributed by atoms with Crippen molar-refractivity contribution in [3.63, 3.8) is 0 Å². The number of aryl methyl sites for hydroxylation is 1. The monoisotopic (exact) mass is 567 g/mol. The molecule has 9 nitrogen and oxygen atoms in total. The molecule has 6 rings (SSSR count). The number of nitrogens with one attached hydrogen (secondary N) is 1. The lowest BCUT2D eigenvalue weighted by molar-refractivity contribution is 0.0798. The quantitative estimate of drug-likeness (QED) is 0.409. The molecule has 1 saturated carbocycles. The number of rotatable bonds is 8. The molecule has 42 heavy (non-hydrogen) atoms. The summed E-state index contributed by atoms with van der Waals surface area (Å²) < 4.78 is 11.6. The number of piperidine rings is 1. The molecule has 3 heterocycles. The zero-order valence-corrected chi connectivity index (χ0v) is 24.0. The van der Waals surface area contributed by atoms with Crippen LogP contribution in [-0.4, -0.2) is 71.6 Å². The summed E-state index contributed by atoms with van der Waals surface area (Å²) in [7, 11) is 0. The van der Waals surface area contributed by atoms with E-state index in [4.69, 9.17) is 9.47 Å². The Bertz CT molecular complexity index is 1430. The van der Waals surface area contributed by atoms with E-state index in [0.717, 1.165) is 61.0 Å². The molecule has 1 saturated heterocycles. The highest BCUT2D eigenvalue weighted by Gasteiger charge is 2.28. The minimum atomic E-state index is -0.248. The minimum Gasteiger partial charge on any atom is -0.445 e. The van der Waals surface area contributed by atoms with Crippen LogP contribution in [-0.2, 0) is 11.3 Å². The van der Waals surface area contributed by atoms with Gasteiger partial charge < -0.3 is 24.6 Å². The van der Waals surface area contributed by atoms with Crippen molar-refractivity contribution in [3.8, 4) is 17.0 Å². The lowest BCUT2D eigenvalue weighted by Gasteiger charge is -2.33. The van der Waals surface area contributed by atoms with Crippen LogP contribution in [0.1, 0.15) is 47.2 Å². The second-order valence-electron chi connectivity index (χ2n) is 11.3. The van der Waals surface area contributed by atoms with Crippen LogP contribution in [0.3, 0.4) is 0 Å². The fourth-order valence-electron chi connectivity index (χ4n) is 5.41. The van der Waals surface area contributed by atoms with Crippen LogP contribution >= 0.6 is 0 Å². The minimum absolute atomic E-state index is 0.0281. The number of hydrogen-bond acceptors (Lipinski definition) is 7. The predicted octanol–water partition coefficient (Wildman–Crippen LogP) is 5.05. The first-order valence-electron chi connectivity index (χ1n) is 14.8. The summed E-state index contributed by atoms with van der Waals surface area (Å²) in [4.78, 5) is 38.2. The Labute approximate surface area is 246 Å². The molecule has 1 aromatic heterocycles. The van der Waals surface area contributed by atoms with Gasteiger partial charge in [-0.2, -0.15) is 0 Å². The van der Waals surface area contributed by atoms with Gasteiger partial charge in [-0.05, 0) is 73.4 Å². The molecular weight excluding hydrogens is 530 g/mol. The second-order valence-corrected chi connectivity index (χ2v) is 11.3. The fraction of sp³-hybridized carbons (Fsp3) is 0.394. The van der Waals surface area contributed by atoms with E-state index in [2.05, 4.69) is 20.2 Å². The summed E-state index contributed by atoms with van der Waals surface area (Å²) in [6.07, 6.45) is 5.48. The topological polar surface area (TPSA) is 96.4 Å². The highest BCUT2D eigenvalue weighted by molar-refractivity contribution is 5.96. The maximum absolute atomic E-state index is 12.5. The first kappa shape index (κ1) is 27.8. The largest absolute Gasteiger partial charge is 0.445 e. The van der Waals surface area contributed by atoms with E-state index in [-0.39, 0.29) is 12.0 Å². The van der Waals surface area contributed by atoms with Gasteiger partial charge in [-0.3, -0.25) is 4.79 Å². The van der Waals surface area contributed by atoms with E-state index in [1.54, 1.807) is 11.1 Å². The number of carbonyl (C=O) groups is 2. The summed E-state index contributed by atoms with van der Waals surface area (Å²) in [6, 6.07) is 20.3. The van der Waals surface area contributed by atoms with Gasteiger partial charge in [0.1, 0.15) is 6.61 Å². The lowest BCUT2D eigenvalue weighted by atomic mass is 9.96. The van der Waals surface area contributed by atoms with Gasteiger partial charge in [0.15, 0.2) is 0 Å². The van der Waals surface area contributed by atoms with E-state index in [1.165, 1.54) is 0 Å². The van der Waals surface area contributed by atoms with Gasteiger partial charge in [0, 0.05) is 55.6 Å². The van der Waals surface area contributed by atoms with Crippen molar-refractivity contribution in [3.05, 3.63) is 83.6 Å². The van der Waals surface area contributed by atoms with E-state index >= 15 is 0 Å². The van der Waals surface area contributed by atoms with Crippen molar-refractivity contribution in [1.82, 2.24) is 20.1 Å². The van der Waals surface area contributed by atoms with Crippen molar-refractivity contribution in [2.75, 3.05) is 32.7 Å². The third kappa shape index (κ3) is 6.90. The molecule has 0 atom stereocenters. The number of ether oxygens (including phenoxy) is 2. The van der Waals surface area contributed by atoms with E-state index in [1.807, 2.05) is 67.6 Å². The van der Waals surface area contributed by atoms with Crippen molar-refractivity contribution in [2.24, 2.45) is 10.9 Å². The van der Waals surface area contributed by atoms with Crippen LogP contribution in [0.5, 0.6) is 5.88 Å². The molecular formula is C33H37N5O4. The van der Waals surface area contributed by atoms with Gasteiger partial charge in [-0.15, -0.1) is 0 Å². The highest BCUT2D eigenvalue weighted by atomic mass is 16.6. The summed E-state index contributed by atoms with van der Waals surface area (Å²) in [5, 5.41) is 3.05. The zero-order valence-electron chi connectivity index (χ0n) is 24.0. The molecule has 3 aromatic rings. The molecule has 1 N–H and O–H groups in total. The number of nitrogens with zero attached hydrogens (tertiary/aromatic N) is 4. The van der Waals surface area contributed by atoms with Gasteiger partial charge in [-0.1, -0.05) is 36.4 Å². The number of aromatic nitrogens is 1. The maximum atomic E-state index is 12.5. The summed E-state index contributed by atoms with van der Waals surface area (Å²) in [5.74, 6) is 0.901. The average molecular weight is 568 g/mol. The Kier molecular flexibility index (Phi) is 8.35. The Hall–Kier alpha value is -4.40. The molecule has 2 aliphatic heterocycles. The Balaban J connectivity index is 0.995. The van der Waals surface area contributed by atoms with Gasteiger partial charge in [0.25, 0.3) is 11.9 Å². The predicted molar refractivity (Wildman–Crippen MR) is 160 cm³/mol. The number of likely N-dealkylation sites (tertiary alicyclic amines) is 1. The summed E-state index contributed by atoms with van der Waals surface area (Å²) in [6.45, 7) is 6.03. The zero-order chi connectivity index (χ0) is 28.9. The molecule has 1 aliphatic carbocycles. The number of aliphatic imine (C=N–C) groups is 1. The lowest BCUT2D eigenvalue weighted by Crippen LogP contribution is -2.43. The molecule has 218 valence electrons. The van der Waals surface area contributed by atoms with Crippen LogP contribution in [0.2, 0.25) is 0 Å². The van der Waals surface area contributed by atoms with E-state index in [0.29, 0.717) is 55.7 Å². The molecule has 3 aliphatic rings. The number of hydrogen-bond donors (Lipinski definition) is 1. The van der Waals surface area contributed by atoms with Crippen molar-refractivity contribution in [1.29, 1.82) is 0 Å². The smallest absolute Gasteiger partial charge is 0.410 e. The standard InChI is InChI=1S/C33H37N5O4/c1-23-7-8-26(31(39)36-28-10-11-28)19-29(23)27-9-12-30(35-20-27)42-32-34-15-18-38(32)21-24-13-16-37(17-14-24)33(40)41-22-25-5-3-2-4-6-25/h2-9,12,19-20,24,28H,10-11,13-18,21-22H2,1H3,(H,36,39). The second kappa shape index (κ2) is 12.6. The molecule has 2 aromatic carbocycles. The summed E-state index contributed by atoms with van der Waals surface area (Å²) in [5.41, 5.74) is 4.64. The third-order valence-electron chi connectivity index (χ3n) is 8.10. The molecule has 0 bridgehead atoms. The SMILES string of the molecule is Cc1ccc(C(=O)NC2CC2)cc1-c1ccc(OC2=NCCN2CC2CCN(C(=O)OCc3ccccc3)CC2)nc1. The first-order chi connectivity index (χ1) is 20.5. The van der Waals surface area contributed by atoms with E-state index < -0.39 is 0 Å². The maximum Gasteiger partial charge on any atom is 0.410 e. The highest BCUT2D eigenvalue weighted by Crippen LogP contribution is 2.27. The Morgan fingerprint density at radius 1 is 0.976 bits per heavy atom. The number of pyridine rings is 1. The molecule has 0 spiro atoms. The van der Waals surface area contributed by atoms with E-state index in [9.17, 15) is 9.59 Å². The van der Waals surface area contributed by atoms with Gasteiger partial charge >= 0.3 is 6.09 Å². The molecule has 9 heteroatoms. The Morgan fingerprint density at radius 2 is 1.79 bits per heavy atom. The number of benzene rings is 2. The summed E-state index contributed by atoms with van der Waals surface area (Å²) >= 11 is 0. The molecule has 0 radical (unpaired) electrons. The van der Waals surface area contributed by atoms with Crippen LogP contribution in [0.4, 0.5) is 4.79 Å². The van der Waals surface area contributed by atoms with Gasteiger partial charge in [0.05, 0.1) is 6.54 Å². The van der Waals surface area contributed by atoms with Crippen LogP contribution < -0.4 is 10.1 Å². The van der Waals surface area contributed by atoms with Crippen LogP contribution in [0.25, 0.3) is 11.1 Å². The molecule has 2 fully saturated rings. The van der Waals surface area contributed by atoms with Crippen LogP contribution in [0, 0.1) is 12.8 Å².